The molecule has 0 spiro atoms. The summed E-state index contributed by atoms with van der Waals surface area (Å²) in [5.74, 6) is 0.700. The van der Waals surface area contributed by atoms with Crippen LogP contribution in [0.4, 0.5) is 0 Å². The highest BCUT2D eigenvalue weighted by atomic mass is 16.5. The third-order valence-corrected chi connectivity index (χ3v) is 4.25. The van der Waals surface area contributed by atoms with E-state index in [2.05, 4.69) is 0 Å². The zero-order valence-corrected chi connectivity index (χ0v) is 15.9. The van der Waals surface area contributed by atoms with E-state index in [-0.39, 0.29) is 17.1 Å². The topological polar surface area (TPSA) is 55.8 Å². The number of hydrogen-bond donors (Lipinski definition) is 1. The van der Waals surface area contributed by atoms with Gasteiger partial charge in [0.1, 0.15) is 29.4 Å². The van der Waals surface area contributed by atoms with E-state index in [9.17, 15) is 9.90 Å². The third kappa shape index (κ3) is 4.80. The lowest BCUT2D eigenvalue weighted by Crippen LogP contribution is -2.03. The number of phenolic OH excluding ortho intramolecular Hbond substituents is 1. The van der Waals surface area contributed by atoms with Gasteiger partial charge in [-0.2, -0.15) is 0 Å². The van der Waals surface area contributed by atoms with Crippen molar-refractivity contribution in [2.24, 2.45) is 0 Å². The zero-order valence-electron chi connectivity index (χ0n) is 15.9. The summed E-state index contributed by atoms with van der Waals surface area (Å²) >= 11 is 0. The van der Waals surface area contributed by atoms with Gasteiger partial charge in [-0.1, -0.05) is 48.5 Å². The molecule has 0 aromatic heterocycles. The molecule has 3 aromatic carbocycles. The van der Waals surface area contributed by atoms with E-state index in [0.29, 0.717) is 12.4 Å². The number of phenols is 1. The Morgan fingerprint density at radius 2 is 1.75 bits per heavy atom. The van der Waals surface area contributed by atoms with Gasteiger partial charge in [-0.3, -0.25) is 4.79 Å². The number of ketones is 1. The Morgan fingerprint density at radius 3 is 2.43 bits per heavy atom. The Labute approximate surface area is 164 Å². The number of methoxy groups -OCH3 is 1. The van der Waals surface area contributed by atoms with Gasteiger partial charge in [0.15, 0.2) is 5.78 Å². The van der Waals surface area contributed by atoms with E-state index >= 15 is 0 Å². The first-order valence-electron chi connectivity index (χ1n) is 8.93. The van der Waals surface area contributed by atoms with Gasteiger partial charge in [-0.25, -0.2) is 0 Å². The lowest BCUT2D eigenvalue weighted by atomic mass is 10.0. The van der Waals surface area contributed by atoms with Gasteiger partial charge in [0, 0.05) is 0 Å². The molecule has 1 N–H and O–H groups in total. The fourth-order valence-corrected chi connectivity index (χ4v) is 2.80. The van der Waals surface area contributed by atoms with Crippen molar-refractivity contribution in [3.05, 3.63) is 95.1 Å². The number of aryl methyl sites for hydroxylation is 1. The summed E-state index contributed by atoms with van der Waals surface area (Å²) in [5.41, 5.74) is 2.81. The number of allylic oxidation sites excluding steroid dienone is 1. The van der Waals surface area contributed by atoms with Gasteiger partial charge in [-0.15, -0.1) is 0 Å². The second-order valence-corrected chi connectivity index (χ2v) is 6.40. The molecule has 0 heterocycles. The predicted molar refractivity (Wildman–Crippen MR) is 110 cm³/mol. The number of ether oxygens (including phenoxy) is 2. The fourth-order valence-electron chi connectivity index (χ4n) is 2.80. The molecule has 3 rings (SSSR count). The van der Waals surface area contributed by atoms with Gasteiger partial charge in [0.25, 0.3) is 0 Å². The highest BCUT2D eigenvalue weighted by Gasteiger charge is 2.17. The minimum atomic E-state index is -0.323. The lowest BCUT2D eigenvalue weighted by molar-refractivity contribution is 0.104. The number of rotatable bonds is 7. The van der Waals surface area contributed by atoms with Crippen molar-refractivity contribution in [1.29, 1.82) is 0 Å². The van der Waals surface area contributed by atoms with Crippen molar-refractivity contribution in [2.75, 3.05) is 7.11 Å². The van der Waals surface area contributed by atoms with E-state index in [4.69, 9.17) is 9.47 Å². The average Bonchev–Trinajstić information content (AvgIpc) is 2.71. The molecule has 0 aliphatic carbocycles. The summed E-state index contributed by atoms with van der Waals surface area (Å²) in [6, 6.07) is 20.3. The molecular weight excluding hydrogens is 352 g/mol. The molecule has 0 atom stereocenters. The first-order chi connectivity index (χ1) is 13.6. The van der Waals surface area contributed by atoms with Crippen LogP contribution in [0.15, 0.2) is 72.8 Å². The van der Waals surface area contributed by atoms with Gasteiger partial charge in [0.2, 0.25) is 0 Å². The normalized spacial score (nSPS) is 10.8. The van der Waals surface area contributed by atoms with Crippen LogP contribution in [-0.2, 0) is 6.61 Å². The van der Waals surface area contributed by atoms with E-state index in [1.54, 1.807) is 25.3 Å². The molecule has 0 unspecified atom stereocenters. The van der Waals surface area contributed by atoms with Gasteiger partial charge in [0.05, 0.1) is 7.11 Å². The van der Waals surface area contributed by atoms with E-state index in [0.717, 1.165) is 22.4 Å². The Balaban J connectivity index is 1.82. The molecule has 0 saturated heterocycles. The molecule has 28 heavy (non-hydrogen) atoms. The number of hydrogen-bond acceptors (Lipinski definition) is 4. The van der Waals surface area contributed by atoms with Crippen LogP contribution in [-0.4, -0.2) is 18.0 Å². The maximum absolute atomic E-state index is 12.8. The van der Waals surface area contributed by atoms with Crippen molar-refractivity contribution in [2.45, 2.75) is 13.5 Å². The van der Waals surface area contributed by atoms with Crippen LogP contribution in [0.25, 0.3) is 6.08 Å². The molecule has 0 amide bonds. The predicted octanol–water partition coefficient (Wildman–Crippen LogP) is 5.18. The van der Waals surface area contributed by atoms with Crippen LogP contribution in [0.3, 0.4) is 0 Å². The van der Waals surface area contributed by atoms with Crippen LogP contribution in [0.1, 0.15) is 27.0 Å². The van der Waals surface area contributed by atoms with Crippen molar-refractivity contribution in [3.63, 3.8) is 0 Å². The molecule has 0 radical (unpaired) electrons. The van der Waals surface area contributed by atoms with Crippen LogP contribution in [0.5, 0.6) is 17.2 Å². The first kappa shape index (κ1) is 19.2. The maximum Gasteiger partial charge on any atom is 0.193 e. The zero-order chi connectivity index (χ0) is 19.9. The Hall–Kier alpha value is -3.53. The standard InChI is InChI=1S/C24H22O4/c1-17-14-22(26)24(23(15-17)28-16-19-6-4-3-5-7-19)21(25)13-10-18-8-11-20(27-2)12-9-18/h3-15,26H,16H2,1-2H3/b13-10+. The van der Waals surface area contributed by atoms with E-state index < -0.39 is 0 Å². The van der Waals surface area contributed by atoms with Crippen molar-refractivity contribution >= 4 is 11.9 Å². The lowest BCUT2D eigenvalue weighted by Gasteiger charge is -2.12. The Bertz CT molecular complexity index is 973. The van der Waals surface area contributed by atoms with Crippen LogP contribution >= 0.6 is 0 Å². The molecule has 0 bridgehead atoms. The molecule has 0 aliphatic rings. The SMILES string of the molecule is COc1ccc(/C=C/C(=O)c2c(O)cc(C)cc2OCc2ccccc2)cc1. The van der Waals surface area contributed by atoms with Gasteiger partial charge >= 0.3 is 0 Å². The molecule has 3 aromatic rings. The monoisotopic (exact) mass is 374 g/mol. The second kappa shape index (κ2) is 8.91. The van der Waals surface area contributed by atoms with Gasteiger partial charge in [-0.05, 0) is 54.0 Å². The fraction of sp³-hybridized carbons (Fsp3) is 0.125. The largest absolute Gasteiger partial charge is 0.507 e. The number of carbonyl (C=O) groups excluding carboxylic acids is 1. The summed E-state index contributed by atoms with van der Waals surface area (Å²) in [4.78, 5) is 12.8. The van der Waals surface area contributed by atoms with Crippen molar-refractivity contribution in [3.8, 4) is 17.2 Å². The summed E-state index contributed by atoms with van der Waals surface area (Å²) in [6.07, 6.45) is 3.13. The highest BCUT2D eigenvalue weighted by molar-refractivity contribution is 6.10. The molecule has 0 saturated carbocycles. The third-order valence-electron chi connectivity index (χ3n) is 4.25. The smallest absolute Gasteiger partial charge is 0.193 e. The quantitative estimate of drug-likeness (QED) is 0.457. The average molecular weight is 374 g/mol. The second-order valence-electron chi connectivity index (χ2n) is 6.40. The summed E-state index contributed by atoms with van der Waals surface area (Å²) in [7, 11) is 1.60. The molecule has 4 heteroatoms. The molecule has 0 aliphatic heterocycles. The number of aromatic hydroxyl groups is 1. The van der Waals surface area contributed by atoms with Crippen molar-refractivity contribution in [1.82, 2.24) is 0 Å². The van der Waals surface area contributed by atoms with E-state index in [1.807, 2.05) is 61.5 Å². The highest BCUT2D eigenvalue weighted by Crippen LogP contribution is 2.31. The van der Waals surface area contributed by atoms with Gasteiger partial charge < -0.3 is 14.6 Å². The maximum atomic E-state index is 12.8. The first-order valence-corrected chi connectivity index (χ1v) is 8.93. The summed E-state index contributed by atoms with van der Waals surface area (Å²) in [6.45, 7) is 2.16. The van der Waals surface area contributed by atoms with Crippen molar-refractivity contribution < 1.29 is 19.4 Å². The molecule has 4 nitrogen and oxygen atoms in total. The summed E-state index contributed by atoms with van der Waals surface area (Å²) < 4.78 is 11.0. The number of benzene rings is 3. The molecular formula is C24H22O4. The molecule has 0 fully saturated rings. The Morgan fingerprint density at radius 1 is 1.04 bits per heavy atom. The minimum Gasteiger partial charge on any atom is -0.507 e. The van der Waals surface area contributed by atoms with Crippen LogP contribution in [0, 0.1) is 6.92 Å². The number of carbonyl (C=O) groups is 1. The Kier molecular flexibility index (Phi) is 6.12. The van der Waals surface area contributed by atoms with E-state index in [1.165, 1.54) is 6.08 Å². The molecule has 142 valence electrons. The minimum absolute atomic E-state index is 0.0903. The summed E-state index contributed by atoms with van der Waals surface area (Å²) in [5, 5.41) is 10.4. The van der Waals surface area contributed by atoms with Crippen LogP contribution < -0.4 is 9.47 Å². The van der Waals surface area contributed by atoms with Crippen LogP contribution in [0.2, 0.25) is 0 Å².